The lowest BCUT2D eigenvalue weighted by Crippen LogP contribution is -2.18. The first-order valence-electron chi connectivity index (χ1n) is 5.35. The number of hydrogen-bond acceptors (Lipinski definition) is 3. The van der Waals surface area contributed by atoms with E-state index < -0.39 is 0 Å². The molecule has 15 heavy (non-hydrogen) atoms. The van der Waals surface area contributed by atoms with Crippen molar-refractivity contribution in [3.8, 4) is 0 Å². The molecule has 0 spiro atoms. The number of aryl methyl sites for hydroxylation is 1. The van der Waals surface area contributed by atoms with Crippen LogP contribution in [0.1, 0.15) is 31.9 Å². The van der Waals surface area contributed by atoms with Gasteiger partial charge >= 0.3 is 0 Å². The molecule has 5 nitrogen and oxygen atoms in total. The molecule has 0 aromatic carbocycles. The lowest BCUT2D eigenvalue weighted by molar-refractivity contribution is 0.621. The molecular weight excluding hydrogens is 190 g/mol. The monoisotopic (exact) mass is 209 g/mol. The number of nitrogens with two attached hydrogens (primary N) is 1. The van der Waals surface area contributed by atoms with Crippen molar-refractivity contribution in [1.29, 1.82) is 0 Å². The van der Waals surface area contributed by atoms with E-state index >= 15 is 0 Å². The van der Waals surface area contributed by atoms with Crippen molar-refractivity contribution in [2.45, 2.75) is 39.7 Å². The minimum Gasteiger partial charge on any atom is -0.387 e. The van der Waals surface area contributed by atoms with Crippen LogP contribution in [0.2, 0.25) is 0 Å². The molecule has 0 amide bonds. The minimum absolute atomic E-state index is 0.587. The van der Waals surface area contributed by atoms with Crippen LogP contribution in [0.4, 0.5) is 0 Å². The molecular formula is C10H19N5. The van der Waals surface area contributed by atoms with Gasteiger partial charge in [-0.2, -0.15) is 0 Å². The van der Waals surface area contributed by atoms with Crippen molar-refractivity contribution in [2.24, 2.45) is 10.7 Å². The highest BCUT2D eigenvalue weighted by molar-refractivity contribution is 5.81. The van der Waals surface area contributed by atoms with Crippen LogP contribution >= 0.6 is 0 Å². The number of hydrogen-bond donors (Lipinski definition) is 1. The second-order valence-corrected chi connectivity index (χ2v) is 3.43. The van der Waals surface area contributed by atoms with Gasteiger partial charge in [-0.1, -0.05) is 13.8 Å². The van der Waals surface area contributed by atoms with Gasteiger partial charge in [-0.05, 0) is 6.42 Å². The SMILES string of the molecule is CCCn1c(CC)nnc1CC(N)=NC. The van der Waals surface area contributed by atoms with Crippen molar-refractivity contribution in [2.75, 3.05) is 7.05 Å². The molecule has 0 aliphatic heterocycles. The van der Waals surface area contributed by atoms with Crippen molar-refractivity contribution in [1.82, 2.24) is 14.8 Å². The molecule has 1 rings (SSSR count). The zero-order valence-electron chi connectivity index (χ0n) is 9.69. The Morgan fingerprint density at radius 1 is 1.33 bits per heavy atom. The third-order valence-corrected chi connectivity index (χ3v) is 2.29. The summed E-state index contributed by atoms with van der Waals surface area (Å²) in [6, 6.07) is 0. The summed E-state index contributed by atoms with van der Waals surface area (Å²) in [5.41, 5.74) is 5.69. The predicted octanol–water partition coefficient (Wildman–Crippen LogP) is 0.780. The Morgan fingerprint density at radius 3 is 2.53 bits per heavy atom. The molecule has 1 aromatic heterocycles. The molecule has 0 aliphatic rings. The quantitative estimate of drug-likeness (QED) is 0.575. The van der Waals surface area contributed by atoms with Gasteiger partial charge in [0.1, 0.15) is 17.5 Å². The Morgan fingerprint density at radius 2 is 2.00 bits per heavy atom. The predicted molar refractivity (Wildman–Crippen MR) is 60.9 cm³/mol. The van der Waals surface area contributed by atoms with E-state index in [1.807, 2.05) is 0 Å². The highest BCUT2D eigenvalue weighted by Gasteiger charge is 2.10. The number of aliphatic imine (C=N–C) groups is 1. The topological polar surface area (TPSA) is 69.1 Å². The van der Waals surface area contributed by atoms with E-state index in [-0.39, 0.29) is 0 Å². The van der Waals surface area contributed by atoms with Crippen LogP contribution in [0, 0.1) is 0 Å². The van der Waals surface area contributed by atoms with Gasteiger partial charge in [0, 0.05) is 20.0 Å². The van der Waals surface area contributed by atoms with E-state index in [9.17, 15) is 0 Å². The van der Waals surface area contributed by atoms with Crippen LogP contribution in [-0.2, 0) is 19.4 Å². The molecule has 0 unspecified atom stereocenters. The average Bonchev–Trinajstić information content (AvgIpc) is 2.61. The molecule has 5 heteroatoms. The zero-order valence-corrected chi connectivity index (χ0v) is 9.69. The third kappa shape index (κ3) is 2.78. The molecule has 1 aromatic rings. The maximum atomic E-state index is 5.69. The van der Waals surface area contributed by atoms with Crippen molar-refractivity contribution in [3.05, 3.63) is 11.6 Å². The fourth-order valence-corrected chi connectivity index (χ4v) is 1.49. The Kier molecular flexibility index (Phi) is 4.27. The van der Waals surface area contributed by atoms with E-state index in [4.69, 9.17) is 5.73 Å². The third-order valence-electron chi connectivity index (χ3n) is 2.29. The fraction of sp³-hybridized carbons (Fsp3) is 0.700. The summed E-state index contributed by atoms with van der Waals surface area (Å²) in [5.74, 6) is 2.54. The number of rotatable bonds is 5. The molecule has 0 atom stereocenters. The Balaban J connectivity index is 2.91. The van der Waals surface area contributed by atoms with Gasteiger partial charge in [-0.25, -0.2) is 0 Å². The Hall–Kier alpha value is -1.39. The zero-order chi connectivity index (χ0) is 11.3. The van der Waals surface area contributed by atoms with Crippen LogP contribution < -0.4 is 5.73 Å². The molecule has 0 saturated heterocycles. The van der Waals surface area contributed by atoms with Gasteiger partial charge in [0.15, 0.2) is 0 Å². The normalized spacial score (nSPS) is 12.1. The van der Waals surface area contributed by atoms with Gasteiger partial charge in [0.25, 0.3) is 0 Å². The highest BCUT2D eigenvalue weighted by Crippen LogP contribution is 2.05. The van der Waals surface area contributed by atoms with Gasteiger partial charge in [0.05, 0.1) is 6.42 Å². The summed E-state index contributed by atoms with van der Waals surface area (Å²) in [4.78, 5) is 3.93. The molecule has 0 bridgehead atoms. The van der Waals surface area contributed by atoms with Crippen LogP contribution in [-0.4, -0.2) is 27.6 Å². The Labute approximate surface area is 90.4 Å². The smallest absolute Gasteiger partial charge is 0.140 e. The van der Waals surface area contributed by atoms with Crippen LogP contribution in [0.3, 0.4) is 0 Å². The van der Waals surface area contributed by atoms with Gasteiger partial charge in [-0.15, -0.1) is 10.2 Å². The average molecular weight is 209 g/mol. The van der Waals surface area contributed by atoms with Gasteiger partial charge in [0.2, 0.25) is 0 Å². The molecule has 0 saturated carbocycles. The van der Waals surface area contributed by atoms with E-state index in [1.54, 1.807) is 7.05 Å². The first-order chi connectivity index (χ1) is 7.22. The van der Waals surface area contributed by atoms with Crippen molar-refractivity contribution in [3.63, 3.8) is 0 Å². The summed E-state index contributed by atoms with van der Waals surface area (Å²) < 4.78 is 2.14. The molecule has 2 N–H and O–H groups in total. The second-order valence-electron chi connectivity index (χ2n) is 3.43. The van der Waals surface area contributed by atoms with Crippen LogP contribution in [0.5, 0.6) is 0 Å². The van der Waals surface area contributed by atoms with Gasteiger partial charge in [-0.3, -0.25) is 4.99 Å². The van der Waals surface area contributed by atoms with Crippen molar-refractivity contribution >= 4 is 5.84 Å². The van der Waals surface area contributed by atoms with E-state index in [0.29, 0.717) is 12.3 Å². The van der Waals surface area contributed by atoms with Crippen LogP contribution in [0.25, 0.3) is 0 Å². The molecule has 1 heterocycles. The molecule has 0 aliphatic carbocycles. The highest BCUT2D eigenvalue weighted by atomic mass is 15.3. The number of amidine groups is 1. The minimum atomic E-state index is 0.587. The first kappa shape index (κ1) is 11.7. The maximum Gasteiger partial charge on any atom is 0.140 e. The number of aromatic nitrogens is 3. The second kappa shape index (κ2) is 5.48. The Bertz CT molecular complexity index is 340. The van der Waals surface area contributed by atoms with E-state index in [2.05, 4.69) is 33.6 Å². The summed E-state index contributed by atoms with van der Waals surface area (Å²) >= 11 is 0. The summed E-state index contributed by atoms with van der Waals surface area (Å²) in [6.07, 6.45) is 2.56. The standard InChI is InChI=1S/C10H19N5/c1-4-6-15-9(5-2)13-14-10(15)7-8(11)12-3/h4-7H2,1-3H3,(H2,11,12). The lowest BCUT2D eigenvalue weighted by Gasteiger charge is -2.07. The number of nitrogens with zero attached hydrogens (tertiary/aromatic N) is 4. The fourth-order valence-electron chi connectivity index (χ4n) is 1.49. The van der Waals surface area contributed by atoms with Gasteiger partial charge < -0.3 is 10.3 Å². The van der Waals surface area contributed by atoms with Crippen molar-refractivity contribution < 1.29 is 0 Å². The lowest BCUT2D eigenvalue weighted by atomic mass is 10.3. The molecule has 84 valence electrons. The summed E-state index contributed by atoms with van der Waals surface area (Å²) in [6.45, 7) is 5.17. The van der Waals surface area contributed by atoms with Crippen LogP contribution in [0.15, 0.2) is 4.99 Å². The summed E-state index contributed by atoms with van der Waals surface area (Å²) in [5, 5.41) is 8.29. The van der Waals surface area contributed by atoms with E-state index in [0.717, 1.165) is 31.0 Å². The molecule has 0 fully saturated rings. The maximum absolute atomic E-state index is 5.69. The largest absolute Gasteiger partial charge is 0.387 e. The van der Waals surface area contributed by atoms with E-state index in [1.165, 1.54) is 0 Å². The summed E-state index contributed by atoms with van der Waals surface area (Å²) in [7, 11) is 1.69. The molecule has 0 radical (unpaired) electrons. The first-order valence-corrected chi connectivity index (χ1v) is 5.35.